The van der Waals surface area contributed by atoms with Crippen LogP contribution in [0, 0.1) is 13.8 Å². The summed E-state index contributed by atoms with van der Waals surface area (Å²) < 4.78 is 5.43. The Morgan fingerprint density at radius 1 is 1.11 bits per heavy atom. The fourth-order valence-corrected chi connectivity index (χ4v) is 2.09. The molecule has 1 heterocycles. The van der Waals surface area contributed by atoms with Crippen molar-refractivity contribution in [1.29, 1.82) is 0 Å². The fourth-order valence-electron chi connectivity index (χ4n) is 2.09. The van der Waals surface area contributed by atoms with Crippen LogP contribution in [0.5, 0.6) is 0 Å². The molecule has 1 unspecified atom stereocenters. The van der Waals surface area contributed by atoms with Gasteiger partial charge in [-0.25, -0.2) is 0 Å². The fraction of sp³-hybridized carbons (Fsp3) is 0.375. The summed E-state index contributed by atoms with van der Waals surface area (Å²) in [5, 5.41) is 3.57. The minimum absolute atomic E-state index is 0.225. The van der Waals surface area contributed by atoms with Crippen LogP contribution in [0.4, 0.5) is 0 Å². The number of aryl methyl sites for hydroxylation is 2. The van der Waals surface area contributed by atoms with Crippen molar-refractivity contribution in [2.45, 2.75) is 33.2 Å². The zero-order valence-corrected chi connectivity index (χ0v) is 11.4. The molecule has 2 rings (SSSR count). The number of benzene rings is 1. The lowest BCUT2D eigenvalue weighted by Gasteiger charge is -2.17. The van der Waals surface area contributed by atoms with Gasteiger partial charge in [-0.3, -0.25) is 0 Å². The first-order valence-electron chi connectivity index (χ1n) is 6.55. The van der Waals surface area contributed by atoms with Crippen LogP contribution in [-0.4, -0.2) is 6.54 Å². The Hall–Kier alpha value is -1.54. The number of nitrogens with one attached hydrogen (secondary N) is 1. The molecule has 1 aromatic heterocycles. The molecule has 1 N–H and O–H groups in total. The van der Waals surface area contributed by atoms with Crippen LogP contribution in [0.1, 0.15) is 41.8 Å². The van der Waals surface area contributed by atoms with Gasteiger partial charge in [-0.15, -0.1) is 0 Å². The van der Waals surface area contributed by atoms with E-state index in [4.69, 9.17) is 4.42 Å². The number of rotatable bonds is 5. The molecule has 0 saturated carbocycles. The minimum Gasteiger partial charge on any atom is -0.469 e. The van der Waals surface area contributed by atoms with Crippen LogP contribution in [0.25, 0.3) is 0 Å². The maximum atomic E-state index is 5.43. The van der Waals surface area contributed by atoms with Crippen molar-refractivity contribution in [1.82, 2.24) is 5.32 Å². The summed E-state index contributed by atoms with van der Waals surface area (Å²) in [6.45, 7) is 7.28. The molecular weight excluding hydrogens is 222 g/mol. The third kappa shape index (κ3) is 3.02. The highest BCUT2D eigenvalue weighted by Gasteiger charge is 2.14. The van der Waals surface area contributed by atoms with E-state index in [0.29, 0.717) is 0 Å². The molecule has 0 amide bonds. The normalized spacial score (nSPS) is 12.6. The molecule has 2 heteroatoms. The quantitative estimate of drug-likeness (QED) is 0.859. The van der Waals surface area contributed by atoms with Gasteiger partial charge >= 0.3 is 0 Å². The molecular formula is C16H21NO. The molecule has 0 radical (unpaired) electrons. The molecule has 0 bridgehead atoms. The lowest BCUT2D eigenvalue weighted by molar-refractivity contribution is 0.524. The molecule has 0 fully saturated rings. The molecule has 0 aliphatic heterocycles. The largest absolute Gasteiger partial charge is 0.469 e. The van der Waals surface area contributed by atoms with Gasteiger partial charge in [0.25, 0.3) is 0 Å². The Morgan fingerprint density at radius 3 is 2.39 bits per heavy atom. The summed E-state index contributed by atoms with van der Waals surface area (Å²) in [4.78, 5) is 0. The first kappa shape index (κ1) is 12.9. The molecule has 0 spiro atoms. The Bertz CT molecular complexity index is 484. The van der Waals surface area contributed by atoms with Crippen molar-refractivity contribution in [2.75, 3.05) is 6.54 Å². The van der Waals surface area contributed by atoms with E-state index in [1.807, 2.05) is 13.2 Å². The Balaban J connectivity index is 2.27. The average molecular weight is 243 g/mol. The highest BCUT2D eigenvalue weighted by molar-refractivity contribution is 5.32. The van der Waals surface area contributed by atoms with Crippen molar-refractivity contribution >= 4 is 0 Å². The van der Waals surface area contributed by atoms with Crippen molar-refractivity contribution in [3.05, 3.63) is 59.0 Å². The van der Waals surface area contributed by atoms with Crippen LogP contribution in [0.2, 0.25) is 0 Å². The van der Waals surface area contributed by atoms with Gasteiger partial charge in [0, 0.05) is 5.56 Å². The van der Waals surface area contributed by atoms with Crippen molar-refractivity contribution in [3.8, 4) is 0 Å². The second-order valence-electron chi connectivity index (χ2n) is 4.79. The first-order chi connectivity index (χ1) is 8.70. The molecule has 1 atom stereocenters. The summed E-state index contributed by atoms with van der Waals surface area (Å²) in [6.07, 6.45) is 2.97. The van der Waals surface area contributed by atoms with Gasteiger partial charge in [-0.1, -0.05) is 36.8 Å². The van der Waals surface area contributed by atoms with E-state index < -0.39 is 0 Å². The predicted molar refractivity (Wildman–Crippen MR) is 74.8 cm³/mol. The van der Waals surface area contributed by atoms with Crippen molar-refractivity contribution < 1.29 is 4.42 Å². The average Bonchev–Trinajstić information content (AvgIpc) is 2.78. The maximum Gasteiger partial charge on any atom is 0.101 e. The molecule has 96 valence electrons. The summed E-state index contributed by atoms with van der Waals surface area (Å²) >= 11 is 0. The van der Waals surface area contributed by atoms with Crippen LogP contribution < -0.4 is 5.32 Å². The second kappa shape index (κ2) is 5.87. The summed E-state index contributed by atoms with van der Waals surface area (Å²) in [5.41, 5.74) is 3.77. The Kier molecular flexibility index (Phi) is 4.21. The molecule has 0 saturated heterocycles. The monoisotopic (exact) mass is 243 g/mol. The van der Waals surface area contributed by atoms with Gasteiger partial charge in [0.2, 0.25) is 0 Å². The zero-order chi connectivity index (χ0) is 13.0. The number of hydrogen-bond acceptors (Lipinski definition) is 2. The summed E-state index contributed by atoms with van der Waals surface area (Å²) in [5.74, 6) is 0.959. The van der Waals surface area contributed by atoms with Gasteiger partial charge in [0.05, 0.1) is 12.3 Å². The SMILES string of the molecule is CCCNC(c1ccc(C)cc1)c1coc(C)c1. The van der Waals surface area contributed by atoms with Crippen molar-refractivity contribution in [2.24, 2.45) is 0 Å². The van der Waals surface area contributed by atoms with Gasteiger partial charge in [0.1, 0.15) is 5.76 Å². The third-order valence-electron chi connectivity index (χ3n) is 3.09. The molecule has 1 aromatic carbocycles. The van der Waals surface area contributed by atoms with E-state index in [1.165, 1.54) is 16.7 Å². The molecule has 2 nitrogen and oxygen atoms in total. The van der Waals surface area contributed by atoms with E-state index >= 15 is 0 Å². The molecule has 0 aliphatic rings. The number of furan rings is 1. The summed E-state index contributed by atoms with van der Waals surface area (Å²) in [6, 6.07) is 11.0. The zero-order valence-electron chi connectivity index (χ0n) is 11.4. The Labute approximate surface area is 109 Å². The van der Waals surface area contributed by atoms with E-state index in [2.05, 4.69) is 49.5 Å². The van der Waals surface area contributed by atoms with E-state index in [0.717, 1.165) is 18.7 Å². The third-order valence-corrected chi connectivity index (χ3v) is 3.09. The van der Waals surface area contributed by atoms with Crippen LogP contribution in [0.15, 0.2) is 41.0 Å². The van der Waals surface area contributed by atoms with Crippen LogP contribution in [-0.2, 0) is 0 Å². The highest BCUT2D eigenvalue weighted by Crippen LogP contribution is 2.24. The highest BCUT2D eigenvalue weighted by atomic mass is 16.3. The van der Waals surface area contributed by atoms with Gasteiger partial charge < -0.3 is 9.73 Å². The summed E-state index contributed by atoms with van der Waals surface area (Å²) in [7, 11) is 0. The second-order valence-corrected chi connectivity index (χ2v) is 4.79. The smallest absolute Gasteiger partial charge is 0.101 e. The number of hydrogen-bond donors (Lipinski definition) is 1. The Morgan fingerprint density at radius 2 is 1.83 bits per heavy atom. The first-order valence-corrected chi connectivity index (χ1v) is 6.55. The van der Waals surface area contributed by atoms with Gasteiger partial charge in [0.15, 0.2) is 0 Å². The molecule has 2 aromatic rings. The van der Waals surface area contributed by atoms with E-state index in [1.54, 1.807) is 0 Å². The standard InChI is InChI=1S/C16H21NO/c1-4-9-17-16(15-10-13(3)18-11-15)14-7-5-12(2)6-8-14/h5-8,10-11,16-17H,4,9H2,1-3H3. The lowest BCUT2D eigenvalue weighted by atomic mass is 10.00. The van der Waals surface area contributed by atoms with Crippen molar-refractivity contribution in [3.63, 3.8) is 0 Å². The topological polar surface area (TPSA) is 25.2 Å². The molecule has 0 aliphatic carbocycles. The van der Waals surface area contributed by atoms with E-state index in [-0.39, 0.29) is 6.04 Å². The maximum absolute atomic E-state index is 5.43. The minimum atomic E-state index is 0.225. The lowest BCUT2D eigenvalue weighted by Crippen LogP contribution is -2.22. The molecule has 18 heavy (non-hydrogen) atoms. The van der Waals surface area contributed by atoms with E-state index in [9.17, 15) is 0 Å². The van der Waals surface area contributed by atoms with Gasteiger partial charge in [-0.2, -0.15) is 0 Å². The van der Waals surface area contributed by atoms with Gasteiger partial charge in [-0.05, 0) is 38.4 Å². The van der Waals surface area contributed by atoms with Crippen LogP contribution >= 0.6 is 0 Å². The predicted octanol–water partition coefficient (Wildman–Crippen LogP) is 3.99. The van der Waals surface area contributed by atoms with Crippen LogP contribution in [0.3, 0.4) is 0 Å².